The fraction of sp³-hybridized carbons (Fsp3) is 0.227. The van der Waals surface area contributed by atoms with Gasteiger partial charge in [0.05, 0.1) is 25.2 Å². The molecule has 3 rings (SSSR count). The Labute approximate surface area is 190 Å². The Morgan fingerprint density at radius 1 is 1.10 bits per heavy atom. The second-order valence-electron chi connectivity index (χ2n) is 6.76. The molecule has 0 spiro atoms. The van der Waals surface area contributed by atoms with Gasteiger partial charge in [-0.1, -0.05) is 17.8 Å². The van der Waals surface area contributed by atoms with E-state index >= 15 is 0 Å². The summed E-state index contributed by atoms with van der Waals surface area (Å²) in [5, 5.41) is 1.08. The number of ether oxygens (including phenoxy) is 3. The topological polar surface area (TPSA) is 77.1 Å². The largest absolute Gasteiger partial charge is 0.497 e. The normalized spacial score (nSPS) is 14.9. The molecule has 0 unspecified atom stereocenters. The molecule has 1 aliphatic rings. The Kier molecular flexibility index (Phi) is 7.19. The lowest BCUT2D eigenvalue weighted by molar-refractivity contribution is -0.123. The number of benzene rings is 2. The van der Waals surface area contributed by atoms with Crippen molar-refractivity contribution >= 4 is 46.2 Å². The highest BCUT2D eigenvalue weighted by Crippen LogP contribution is 2.34. The zero-order valence-corrected chi connectivity index (χ0v) is 19.1. The quantitative estimate of drug-likeness (QED) is 0.496. The van der Waals surface area contributed by atoms with Crippen molar-refractivity contribution < 1.29 is 23.8 Å². The van der Waals surface area contributed by atoms with E-state index in [0.717, 1.165) is 22.3 Å². The van der Waals surface area contributed by atoms with Gasteiger partial charge in [-0.05, 0) is 74.1 Å². The van der Waals surface area contributed by atoms with E-state index in [-0.39, 0.29) is 10.4 Å². The summed E-state index contributed by atoms with van der Waals surface area (Å²) in [6, 6.07) is 11.9. The Hall–Kier alpha value is -3.04. The highest BCUT2D eigenvalue weighted by molar-refractivity contribution is 8.26. The van der Waals surface area contributed by atoms with Crippen LogP contribution in [0.5, 0.6) is 17.2 Å². The number of amides is 2. The molecule has 1 heterocycles. The lowest BCUT2D eigenvalue weighted by Crippen LogP contribution is -2.44. The number of nitrogens with one attached hydrogen (secondary N) is 1. The summed E-state index contributed by atoms with van der Waals surface area (Å²) in [7, 11) is 3.10. The van der Waals surface area contributed by atoms with Gasteiger partial charge in [0, 0.05) is 5.56 Å². The van der Waals surface area contributed by atoms with E-state index in [0.29, 0.717) is 27.7 Å². The molecule has 7 nitrogen and oxygen atoms in total. The van der Waals surface area contributed by atoms with Crippen molar-refractivity contribution in [3.63, 3.8) is 0 Å². The van der Waals surface area contributed by atoms with Crippen LogP contribution in [0, 0.1) is 0 Å². The molecule has 31 heavy (non-hydrogen) atoms. The molecule has 0 saturated carbocycles. The predicted octanol–water partition coefficient (Wildman–Crippen LogP) is 4.04. The molecule has 1 N–H and O–H groups in total. The van der Waals surface area contributed by atoms with Crippen LogP contribution in [-0.2, 0) is 4.79 Å². The molecule has 0 atom stereocenters. The van der Waals surface area contributed by atoms with Crippen LogP contribution in [0.1, 0.15) is 29.8 Å². The first-order valence-corrected chi connectivity index (χ1v) is 10.6. The molecule has 2 aromatic rings. The number of nitrogens with zero attached hydrogens (tertiary/aromatic N) is 1. The molecule has 1 aliphatic heterocycles. The molecule has 9 heteroatoms. The standard InChI is InChI=1S/C22H22N2O5S2/c1-13(2)29-17-10-5-14(11-18(17)28-4)12-19-21(26)24(22(30)31-19)23-20(25)15-6-8-16(27-3)9-7-15/h5-13H,1-4H3,(H,23,25)/b19-12+. The first-order valence-electron chi connectivity index (χ1n) is 9.40. The van der Waals surface area contributed by atoms with Crippen LogP contribution < -0.4 is 19.6 Å². The fourth-order valence-electron chi connectivity index (χ4n) is 2.75. The number of thioether (sulfide) groups is 1. The first kappa shape index (κ1) is 22.6. The number of thiocarbonyl (C=S) groups is 1. The summed E-state index contributed by atoms with van der Waals surface area (Å²) in [4.78, 5) is 25.7. The van der Waals surface area contributed by atoms with Gasteiger partial charge in [0.1, 0.15) is 5.75 Å². The van der Waals surface area contributed by atoms with Crippen LogP contribution in [0.25, 0.3) is 6.08 Å². The second kappa shape index (κ2) is 9.84. The van der Waals surface area contributed by atoms with Gasteiger partial charge in [0.15, 0.2) is 15.8 Å². The van der Waals surface area contributed by atoms with Crippen molar-refractivity contribution in [3.05, 3.63) is 58.5 Å². The van der Waals surface area contributed by atoms with E-state index < -0.39 is 11.8 Å². The number of hydrogen-bond acceptors (Lipinski definition) is 7. The second-order valence-corrected chi connectivity index (χ2v) is 8.44. The minimum Gasteiger partial charge on any atom is -0.497 e. The smallest absolute Gasteiger partial charge is 0.285 e. The van der Waals surface area contributed by atoms with E-state index in [1.807, 2.05) is 19.9 Å². The van der Waals surface area contributed by atoms with E-state index in [4.69, 9.17) is 26.4 Å². The summed E-state index contributed by atoms with van der Waals surface area (Å²) < 4.78 is 16.4. The third kappa shape index (κ3) is 5.36. The Morgan fingerprint density at radius 2 is 1.81 bits per heavy atom. The Balaban J connectivity index is 1.76. The zero-order chi connectivity index (χ0) is 22.5. The molecule has 0 aromatic heterocycles. The number of rotatable bonds is 7. The Morgan fingerprint density at radius 3 is 2.42 bits per heavy atom. The third-order valence-corrected chi connectivity index (χ3v) is 5.51. The third-order valence-electron chi connectivity index (χ3n) is 4.21. The summed E-state index contributed by atoms with van der Waals surface area (Å²) >= 11 is 6.39. The SMILES string of the molecule is COc1ccc(C(=O)NN2C(=O)/C(=C\c3ccc(OC(C)C)c(OC)c3)SC2=S)cc1. The van der Waals surface area contributed by atoms with Crippen molar-refractivity contribution in [2.75, 3.05) is 14.2 Å². The summed E-state index contributed by atoms with van der Waals surface area (Å²) in [6.45, 7) is 3.86. The van der Waals surface area contributed by atoms with Crippen LogP contribution in [0.4, 0.5) is 0 Å². The number of carbonyl (C=O) groups excluding carboxylic acids is 2. The van der Waals surface area contributed by atoms with Gasteiger partial charge in [-0.3, -0.25) is 15.0 Å². The van der Waals surface area contributed by atoms with Crippen molar-refractivity contribution in [3.8, 4) is 17.2 Å². The minimum absolute atomic E-state index is 0.00492. The number of methoxy groups -OCH3 is 2. The van der Waals surface area contributed by atoms with Crippen LogP contribution in [0.2, 0.25) is 0 Å². The molecular weight excluding hydrogens is 436 g/mol. The zero-order valence-electron chi connectivity index (χ0n) is 17.5. The molecule has 0 aliphatic carbocycles. The molecule has 0 radical (unpaired) electrons. The van der Waals surface area contributed by atoms with Gasteiger partial charge in [0.25, 0.3) is 11.8 Å². The maximum absolute atomic E-state index is 12.8. The summed E-state index contributed by atoms with van der Waals surface area (Å²) in [5.41, 5.74) is 3.68. The summed E-state index contributed by atoms with van der Waals surface area (Å²) in [6.07, 6.45) is 1.70. The highest BCUT2D eigenvalue weighted by atomic mass is 32.2. The maximum atomic E-state index is 12.8. The number of hydrazine groups is 1. The monoisotopic (exact) mass is 458 g/mol. The highest BCUT2D eigenvalue weighted by Gasteiger charge is 2.33. The van der Waals surface area contributed by atoms with E-state index in [1.165, 1.54) is 0 Å². The summed E-state index contributed by atoms with van der Waals surface area (Å²) in [5.74, 6) is 0.959. The average Bonchev–Trinajstić information content (AvgIpc) is 3.01. The maximum Gasteiger partial charge on any atom is 0.285 e. The number of carbonyl (C=O) groups is 2. The molecule has 1 saturated heterocycles. The van der Waals surface area contributed by atoms with Gasteiger partial charge < -0.3 is 14.2 Å². The first-order chi connectivity index (χ1) is 14.8. The van der Waals surface area contributed by atoms with Crippen LogP contribution >= 0.6 is 24.0 Å². The van der Waals surface area contributed by atoms with Crippen LogP contribution in [0.15, 0.2) is 47.4 Å². The lowest BCUT2D eigenvalue weighted by Gasteiger charge is -2.15. The van der Waals surface area contributed by atoms with Crippen molar-refractivity contribution in [2.45, 2.75) is 20.0 Å². The lowest BCUT2D eigenvalue weighted by atomic mass is 10.2. The van der Waals surface area contributed by atoms with Crippen LogP contribution in [0.3, 0.4) is 0 Å². The van der Waals surface area contributed by atoms with E-state index in [2.05, 4.69) is 5.43 Å². The fourth-order valence-corrected chi connectivity index (χ4v) is 3.93. The van der Waals surface area contributed by atoms with Gasteiger partial charge in [-0.2, -0.15) is 5.01 Å². The molecular formula is C22H22N2O5S2. The molecule has 162 valence electrons. The predicted molar refractivity (Wildman–Crippen MR) is 124 cm³/mol. The van der Waals surface area contributed by atoms with Gasteiger partial charge in [0.2, 0.25) is 0 Å². The molecule has 2 aromatic carbocycles. The number of hydrogen-bond donors (Lipinski definition) is 1. The molecule has 0 bridgehead atoms. The van der Waals surface area contributed by atoms with Gasteiger partial charge >= 0.3 is 0 Å². The Bertz CT molecular complexity index is 1030. The molecule has 2 amide bonds. The van der Waals surface area contributed by atoms with E-state index in [1.54, 1.807) is 56.7 Å². The van der Waals surface area contributed by atoms with Crippen molar-refractivity contribution in [1.29, 1.82) is 0 Å². The van der Waals surface area contributed by atoms with Crippen molar-refractivity contribution in [1.82, 2.24) is 10.4 Å². The molecule has 1 fully saturated rings. The van der Waals surface area contributed by atoms with Gasteiger partial charge in [-0.25, -0.2) is 0 Å². The van der Waals surface area contributed by atoms with Crippen LogP contribution in [-0.4, -0.2) is 41.5 Å². The van der Waals surface area contributed by atoms with Gasteiger partial charge in [-0.15, -0.1) is 0 Å². The minimum atomic E-state index is -0.447. The average molecular weight is 459 g/mol. The van der Waals surface area contributed by atoms with E-state index in [9.17, 15) is 9.59 Å². The van der Waals surface area contributed by atoms with Crippen molar-refractivity contribution in [2.24, 2.45) is 0 Å².